The van der Waals surface area contributed by atoms with Crippen molar-refractivity contribution < 1.29 is 0 Å². The number of anilines is 1. The van der Waals surface area contributed by atoms with Crippen molar-refractivity contribution in [2.45, 2.75) is 57.5 Å². The lowest BCUT2D eigenvalue weighted by Crippen LogP contribution is -2.35. The van der Waals surface area contributed by atoms with Crippen LogP contribution in [0, 0.1) is 0 Å². The van der Waals surface area contributed by atoms with Crippen molar-refractivity contribution in [3.05, 3.63) is 29.8 Å². The first-order chi connectivity index (χ1) is 7.97. The highest BCUT2D eigenvalue weighted by Gasteiger charge is 2.23. The first kappa shape index (κ1) is 12.4. The quantitative estimate of drug-likeness (QED) is 0.821. The molecule has 0 unspecified atom stereocenters. The third kappa shape index (κ3) is 3.01. The largest absolute Gasteiger partial charge is 0.381 e. The van der Waals surface area contributed by atoms with Crippen molar-refractivity contribution in [3.8, 4) is 0 Å². The van der Waals surface area contributed by atoms with E-state index in [1.54, 1.807) is 0 Å². The summed E-state index contributed by atoms with van der Waals surface area (Å²) in [5, 5.41) is 3.54. The summed E-state index contributed by atoms with van der Waals surface area (Å²) in [6.07, 6.45) is 3.60. The summed E-state index contributed by atoms with van der Waals surface area (Å²) >= 11 is 0. The van der Waals surface area contributed by atoms with Crippen LogP contribution >= 0.6 is 0 Å². The summed E-state index contributed by atoms with van der Waals surface area (Å²) in [5.74, 6) is 0. The Labute approximate surface area is 105 Å². The summed E-state index contributed by atoms with van der Waals surface area (Å²) in [7, 11) is 0. The van der Waals surface area contributed by atoms with Gasteiger partial charge in [0.25, 0.3) is 0 Å². The minimum absolute atomic E-state index is 0.224. The third-order valence-corrected chi connectivity index (χ3v) is 3.67. The summed E-state index contributed by atoms with van der Waals surface area (Å²) in [4.78, 5) is 0. The molecule has 0 saturated heterocycles. The van der Waals surface area contributed by atoms with Crippen molar-refractivity contribution >= 4 is 5.69 Å². The summed E-state index contributed by atoms with van der Waals surface area (Å²) in [6, 6.07) is 9.54. The lowest BCUT2D eigenvalue weighted by atomic mass is 9.87. The van der Waals surface area contributed by atoms with Gasteiger partial charge in [-0.2, -0.15) is 0 Å². The number of nitrogens with two attached hydrogens (primary N) is 1. The summed E-state index contributed by atoms with van der Waals surface area (Å²) < 4.78 is 0. The maximum atomic E-state index is 6.06. The van der Waals surface area contributed by atoms with Crippen LogP contribution in [0.3, 0.4) is 0 Å². The van der Waals surface area contributed by atoms with E-state index in [2.05, 4.69) is 50.4 Å². The van der Waals surface area contributed by atoms with Crippen LogP contribution in [0.2, 0.25) is 0 Å². The highest BCUT2D eigenvalue weighted by molar-refractivity contribution is 5.47. The lowest BCUT2D eigenvalue weighted by molar-refractivity contribution is 0.590. The van der Waals surface area contributed by atoms with Crippen molar-refractivity contribution in [3.63, 3.8) is 0 Å². The molecule has 1 fully saturated rings. The Kier molecular flexibility index (Phi) is 3.43. The van der Waals surface area contributed by atoms with E-state index in [0.29, 0.717) is 12.1 Å². The van der Waals surface area contributed by atoms with E-state index in [0.717, 1.165) is 6.42 Å². The van der Waals surface area contributed by atoms with E-state index in [1.807, 2.05) is 0 Å². The van der Waals surface area contributed by atoms with Crippen LogP contribution in [-0.2, 0) is 5.41 Å². The van der Waals surface area contributed by atoms with Crippen LogP contribution in [0.25, 0.3) is 0 Å². The first-order valence-corrected chi connectivity index (χ1v) is 6.59. The van der Waals surface area contributed by atoms with Gasteiger partial charge in [-0.15, -0.1) is 0 Å². The normalized spacial score (nSPS) is 24.9. The fourth-order valence-corrected chi connectivity index (χ4v) is 2.45. The Morgan fingerprint density at radius 1 is 1.12 bits per heavy atom. The number of nitrogens with one attached hydrogen (secondary N) is 1. The van der Waals surface area contributed by atoms with Gasteiger partial charge >= 0.3 is 0 Å². The van der Waals surface area contributed by atoms with Gasteiger partial charge in [-0.05, 0) is 42.4 Å². The average molecular weight is 232 g/mol. The predicted molar refractivity (Wildman–Crippen MR) is 74.4 cm³/mol. The van der Waals surface area contributed by atoms with Gasteiger partial charge in [0.05, 0.1) is 0 Å². The molecule has 0 radical (unpaired) electrons. The molecule has 2 nitrogen and oxygen atoms in total. The number of hydrogen-bond acceptors (Lipinski definition) is 2. The Morgan fingerprint density at radius 2 is 1.76 bits per heavy atom. The first-order valence-electron chi connectivity index (χ1n) is 6.59. The Balaban J connectivity index is 2.03. The molecule has 1 saturated carbocycles. The highest BCUT2D eigenvalue weighted by atomic mass is 15.0. The maximum absolute atomic E-state index is 6.06. The molecule has 0 spiro atoms. The van der Waals surface area contributed by atoms with Gasteiger partial charge in [-0.1, -0.05) is 32.9 Å². The molecule has 0 heterocycles. The number of hydrogen-bond donors (Lipinski definition) is 2. The Bertz CT molecular complexity index is 362. The molecule has 1 aromatic carbocycles. The number of benzene rings is 1. The molecule has 17 heavy (non-hydrogen) atoms. The fourth-order valence-electron chi connectivity index (χ4n) is 2.45. The monoisotopic (exact) mass is 232 g/mol. The smallest absolute Gasteiger partial charge is 0.0412 e. The van der Waals surface area contributed by atoms with Crippen molar-refractivity contribution in [2.24, 2.45) is 5.73 Å². The van der Waals surface area contributed by atoms with E-state index in [4.69, 9.17) is 5.73 Å². The minimum atomic E-state index is 0.224. The zero-order chi connectivity index (χ0) is 12.5. The predicted octanol–water partition coefficient (Wildman–Crippen LogP) is 3.28. The zero-order valence-electron chi connectivity index (χ0n) is 11.2. The van der Waals surface area contributed by atoms with Gasteiger partial charge in [0.1, 0.15) is 0 Å². The van der Waals surface area contributed by atoms with Crippen LogP contribution in [0.15, 0.2) is 24.3 Å². The Morgan fingerprint density at radius 3 is 2.24 bits per heavy atom. The zero-order valence-corrected chi connectivity index (χ0v) is 11.2. The highest BCUT2D eigenvalue weighted by Crippen LogP contribution is 2.25. The lowest BCUT2D eigenvalue weighted by Gasteiger charge is -2.21. The van der Waals surface area contributed by atoms with Crippen LogP contribution in [0.4, 0.5) is 5.69 Å². The SMILES string of the molecule is CC(C)(C)c1ccc(N[C@@H]2CCC[C@@H]2N)cc1. The maximum Gasteiger partial charge on any atom is 0.0412 e. The van der Waals surface area contributed by atoms with Gasteiger partial charge in [-0.3, -0.25) is 0 Å². The molecule has 0 aromatic heterocycles. The molecule has 2 atom stereocenters. The topological polar surface area (TPSA) is 38.0 Å². The second kappa shape index (κ2) is 4.69. The Hall–Kier alpha value is -1.02. The molecule has 0 bridgehead atoms. The fraction of sp³-hybridized carbons (Fsp3) is 0.600. The van der Waals surface area contributed by atoms with E-state index in [-0.39, 0.29) is 5.41 Å². The minimum Gasteiger partial charge on any atom is -0.381 e. The van der Waals surface area contributed by atoms with Crippen LogP contribution < -0.4 is 11.1 Å². The van der Waals surface area contributed by atoms with Gasteiger partial charge in [-0.25, -0.2) is 0 Å². The molecule has 2 rings (SSSR count). The molecule has 0 amide bonds. The van der Waals surface area contributed by atoms with Crippen LogP contribution in [0.1, 0.15) is 45.6 Å². The van der Waals surface area contributed by atoms with Gasteiger partial charge in [0, 0.05) is 17.8 Å². The van der Waals surface area contributed by atoms with E-state index >= 15 is 0 Å². The molecule has 1 aliphatic carbocycles. The van der Waals surface area contributed by atoms with Crippen LogP contribution in [-0.4, -0.2) is 12.1 Å². The van der Waals surface area contributed by atoms with Gasteiger partial charge in [0.2, 0.25) is 0 Å². The molecule has 3 N–H and O–H groups in total. The second-order valence-corrected chi connectivity index (χ2v) is 6.17. The van der Waals surface area contributed by atoms with Crippen molar-refractivity contribution in [1.29, 1.82) is 0 Å². The standard InChI is InChI=1S/C15H24N2/c1-15(2,3)11-7-9-12(10-8-11)17-14-6-4-5-13(14)16/h7-10,13-14,17H,4-6,16H2,1-3H3/t13-,14+/m0/s1. The molecular formula is C15H24N2. The van der Waals surface area contributed by atoms with E-state index < -0.39 is 0 Å². The van der Waals surface area contributed by atoms with Crippen LogP contribution in [0.5, 0.6) is 0 Å². The van der Waals surface area contributed by atoms with Gasteiger partial charge in [0.15, 0.2) is 0 Å². The van der Waals surface area contributed by atoms with Crippen molar-refractivity contribution in [2.75, 3.05) is 5.32 Å². The molecule has 1 aromatic rings. The second-order valence-electron chi connectivity index (χ2n) is 6.17. The average Bonchev–Trinajstić information content (AvgIpc) is 2.64. The summed E-state index contributed by atoms with van der Waals surface area (Å²) in [5.41, 5.74) is 8.86. The van der Waals surface area contributed by atoms with E-state index in [9.17, 15) is 0 Å². The molecule has 1 aliphatic rings. The summed E-state index contributed by atoms with van der Waals surface area (Å²) in [6.45, 7) is 6.72. The molecule has 2 heteroatoms. The molecular weight excluding hydrogens is 208 g/mol. The van der Waals surface area contributed by atoms with Gasteiger partial charge < -0.3 is 11.1 Å². The molecule has 0 aliphatic heterocycles. The molecule has 94 valence electrons. The van der Waals surface area contributed by atoms with Crippen molar-refractivity contribution in [1.82, 2.24) is 0 Å². The number of rotatable bonds is 2. The van der Waals surface area contributed by atoms with E-state index in [1.165, 1.54) is 24.1 Å². The third-order valence-electron chi connectivity index (χ3n) is 3.67.